The maximum atomic E-state index is 12.8. The Morgan fingerprint density at radius 2 is 1.92 bits per heavy atom. The van der Waals surface area contributed by atoms with E-state index in [-0.39, 0.29) is 11.4 Å². The van der Waals surface area contributed by atoms with Crippen LogP contribution in [0.4, 0.5) is 0 Å². The summed E-state index contributed by atoms with van der Waals surface area (Å²) in [5, 5.41) is 4.24. The molecule has 0 bridgehead atoms. The van der Waals surface area contributed by atoms with E-state index in [1.54, 1.807) is 7.11 Å². The Balaban J connectivity index is 1.60. The molecule has 5 heteroatoms. The monoisotopic (exact) mass is 398 g/mol. The Hall–Kier alpha value is -2.27. The molecule has 0 aliphatic heterocycles. The van der Waals surface area contributed by atoms with Crippen LogP contribution in [-0.2, 0) is 5.54 Å². The van der Waals surface area contributed by atoms with Crippen LogP contribution in [0.3, 0.4) is 0 Å². The predicted molar refractivity (Wildman–Crippen MR) is 102 cm³/mol. The van der Waals surface area contributed by atoms with Crippen LogP contribution in [0.2, 0.25) is 0 Å². The highest BCUT2D eigenvalue weighted by Crippen LogP contribution is 2.46. The van der Waals surface area contributed by atoms with Crippen molar-refractivity contribution in [3.63, 3.8) is 0 Å². The van der Waals surface area contributed by atoms with Gasteiger partial charge in [0.15, 0.2) is 0 Å². The zero-order chi connectivity index (χ0) is 17.6. The molecule has 128 valence electrons. The van der Waals surface area contributed by atoms with E-state index in [0.717, 1.165) is 45.1 Å². The maximum Gasteiger partial charge on any atom is 0.268 e. The fraction of sp³-hybridized carbons (Fsp3) is 0.250. The quantitative estimate of drug-likeness (QED) is 0.670. The second kappa shape index (κ2) is 5.92. The lowest BCUT2D eigenvalue weighted by molar-refractivity contribution is 0.0926. The molecular weight excluding hydrogens is 380 g/mol. The van der Waals surface area contributed by atoms with Crippen molar-refractivity contribution in [1.82, 2.24) is 10.3 Å². The zero-order valence-corrected chi connectivity index (χ0v) is 15.7. The van der Waals surface area contributed by atoms with Crippen molar-refractivity contribution in [2.24, 2.45) is 0 Å². The van der Waals surface area contributed by atoms with E-state index in [2.05, 4.69) is 26.2 Å². The van der Waals surface area contributed by atoms with Gasteiger partial charge in [-0.1, -0.05) is 28.1 Å². The van der Waals surface area contributed by atoms with Gasteiger partial charge < -0.3 is 15.0 Å². The van der Waals surface area contributed by atoms with Crippen molar-refractivity contribution in [1.29, 1.82) is 0 Å². The lowest BCUT2D eigenvalue weighted by Crippen LogP contribution is -2.35. The largest absolute Gasteiger partial charge is 0.497 e. The van der Waals surface area contributed by atoms with Gasteiger partial charge in [-0.25, -0.2) is 0 Å². The van der Waals surface area contributed by atoms with Crippen molar-refractivity contribution < 1.29 is 9.53 Å². The van der Waals surface area contributed by atoms with Gasteiger partial charge in [-0.15, -0.1) is 0 Å². The lowest BCUT2D eigenvalue weighted by atomic mass is 10.0. The van der Waals surface area contributed by atoms with Gasteiger partial charge in [0.2, 0.25) is 0 Å². The van der Waals surface area contributed by atoms with Gasteiger partial charge in [0.25, 0.3) is 5.91 Å². The molecule has 2 aromatic carbocycles. The summed E-state index contributed by atoms with van der Waals surface area (Å²) in [5.74, 6) is 0.752. The molecule has 1 aromatic heterocycles. The summed E-state index contributed by atoms with van der Waals surface area (Å²) >= 11 is 3.51. The minimum Gasteiger partial charge on any atom is -0.497 e. The lowest BCUT2D eigenvalue weighted by Gasteiger charge is -2.18. The molecule has 1 amide bonds. The number of aromatic amines is 1. The number of carbonyl (C=O) groups excluding carboxylic acids is 1. The van der Waals surface area contributed by atoms with E-state index in [1.807, 2.05) is 49.4 Å². The molecule has 0 spiro atoms. The summed E-state index contributed by atoms with van der Waals surface area (Å²) in [7, 11) is 1.65. The second-order valence-corrected chi connectivity index (χ2v) is 7.55. The highest BCUT2D eigenvalue weighted by Gasteiger charge is 2.45. The number of benzene rings is 2. The number of halogens is 1. The van der Waals surface area contributed by atoms with Gasteiger partial charge in [-0.05, 0) is 61.2 Å². The third kappa shape index (κ3) is 2.93. The van der Waals surface area contributed by atoms with Crippen LogP contribution in [0.1, 0.15) is 34.5 Å². The Labute approximate surface area is 154 Å². The molecule has 2 N–H and O–H groups in total. The Bertz CT molecular complexity index is 956. The first-order valence-electron chi connectivity index (χ1n) is 8.27. The van der Waals surface area contributed by atoms with E-state index in [0.29, 0.717) is 5.69 Å². The van der Waals surface area contributed by atoms with E-state index in [9.17, 15) is 4.79 Å². The topological polar surface area (TPSA) is 54.1 Å². The molecule has 1 heterocycles. The van der Waals surface area contributed by atoms with Crippen LogP contribution in [0, 0.1) is 6.92 Å². The normalized spacial score (nSPS) is 15.2. The Kier molecular flexibility index (Phi) is 3.84. The number of aromatic nitrogens is 1. The third-order valence-electron chi connectivity index (χ3n) is 4.88. The van der Waals surface area contributed by atoms with E-state index in [1.165, 1.54) is 0 Å². The fourth-order valence-electron chi connectivity index (χ4n) is 3.31. The highest BCUT2D eigenvalue weighted by atomic mass is 79.9. The predicted octanol–water partition coefficient (Wildman–Crippen LogP) is 4.67. The van der Waals surface area contributed by atoms with Crippen LogP contribution in [0.15, 0.2) is 46.9 Å². The summed E-state index contributed by atoms with van der Waals surface area (Å²) in [4.78, 5) is 16.0. The number of nitrogens with one attached hydrogen (secondary N) is 2. The number of amides is 1. The number of rotatable bonds is 4. The van der Waals surface area contributed by atoms with Gasteiger partial charge in [0.05, 0.1) is 12.6 Å². The first-order chi connectivity index (χ1) is 12.0. The summed E-state index contributed by atoms with van der Waals surface area (Å²) in [6, 6.07) is 13.9. The smallest absolute Gasteiger partial charge is 0.268 e. The molecule has 0 unspecified atom stereocenters. The van der Waals surface area contributed by atoms with Gasteiger partial charge >= 0.3 is 0 Å². The van der Waals surface area contributed by atoms with Crippen molar-refractivity contribution in [2.45, 2.75) is 25.3 Å². The van der Waals surface area contributed by atoms with E-state index in [4.69, 9.17) is 4.74 Å². The standard InChI is InChI=1S/C20H19BrN2O2/c1-12-9-15(21)10-13-11-17(22-18(12)13)19(24)23-20(7-8-20)14-3-5-16(25-2)6-4-14/h3-6,9-11,22H,7-8H2,1-2H3,(H,23,24). The minimum atomic E-state index is -0.254. The van der Waals surface area contributed by atoms with Gasteiger partial charge in [0.1, 0.15) is 11.4 Å². The molecule has 1 aliphatic rings. The summed E-state index contributed by atoms with van der Waals surface area (Å²) in [5.41, 5.74) is 3.58. The number of carbonyl (C=O) groups is 1. The summed E-state index contributed by atoms with van der Waals surface area (Å²) < 4.78 is 6.23. The van der Waals surface area contributed by atoms with Crippen LogP contribution < -0.4 is 10.1 Å². The van der Waals surface area contributed by atoms with Crippen molar-refractivity contribution in [3.8, 4) is 5.75 Å². The third-order valence-corrected chi connectivity index (χ3v) is 5.34. The Morgan fingerprint density at radius 1 is 1.20 bits per heavy atom. The molecule has 0 atom stereocenters. The first kappa shape index (κ1) is 16.2. The molecule has 1 fully saturated rings. The van der Waals surface area contributed by atoms with Crippen molar-refractivity contribution in [2.75, 3.05) is 7.11 Å². The highest BCUT2D eigenvalue weighted by molar-refractivity contribution is 9.10. The first-order valence-corrected chi connectivity index (χ1v) is 9.06. The summed E-state index contributed by atoms with van der Waals surface area (Å²) in [6.45, 7) is 2.03. The van der Waals surface area contributed by atoms with Gasteiger partial charge in [-0.3, -0.25) is 4.79 Å². The van der Waals surface area contributed by atoms with Gasteiger partial charge in [-0.2, -0.15) is 0 Å². The van der Waals surface area contributed by atoms with E-state index >= 15 is 0 Å². The van der Waals surface area contributed by atoms with Crippen LogP contribution in [0.25, 0.3) is 10.9 Å². The number of aryl methyl sites for hydroxylation is 1. The number of methoxy groups -OCH3 is 1. The summed E-state index contributed by atoms with van der Waals surface area (Å²) in [6.07, 6.45) is 1.91. The van der Waals surface area contributed by atoms with Crippen molar-refractivity contribution >= 4 is 32.7 Å². The van der Waals surface area contributed by atoms with Crippen LogP contribution in [-0.4, -0.2) is 18.0 Å². The number of fused-ring (bicyclic) bond motifs is 1. The molecule has 0 radical (unpaired) electrons. The SMILES string of the molecule is COc1ccc(C2(NC(=O)c3cc4cc(Br)cc(C)c4[nH]3)CC2)cc1. The van der Waals surface area contributed by atoms with Crippen LogP contribution in [0.5, 0.6) is 5.75 Å². The molecule has 1 saturated carbocycles. The Morgan fingerprint density at radius 3 is 2.56 bits per heavy atom. The van der Waals surface area contributed by atoms with E-state index < -0.39 is 0 Å². The molecule has 3 aromatic rings. The average Bonchev–Trinajstić information content (AvgIpc) is 3.24. The van der Waals surface area contributed by atoms with Gasteiger partial charge in [0, 0.05) is 15.4 Å². The molecule has 0 saturated heterocycles. The molecule has 1 aliphatic carbocycles. The molecular formula is C20H19BrN2O2. The number of H-pyrrole nitrogens is 1. The average molecular weight is 399 g/mol. The van der Waals surface area contributed by atoms with Crippen LogP contribution >= 0.6 is 15.9 Å². The molecule has 4 nitrogen and oxygen atoms in total. The van der Waals surface area contributed by atoms with Crippen molar-refractivity contribution in [3.05, 3.63) is 63.8 Å². The molecule has 4 rings (SSSR count). The second-order valence-electron chi connectivity index (χ2n) is 6.63. The zero-order valence-electron chi connectivity index (χ0n) is 14.2. The molecule has 25 heavy (non-hydrogen) atoms. The number of hydrogen-bond acceptors (Lipinski definition) is 2. The maximum absolute atomic E-state index is 12.8. The number of hydrogen-bond donors (Lipinski definition) is 2. The minimum absolute atomic E-state index is 0.0694. The number of ether oxygens (including phenoxy) is 1. The fourth-order valence-corrected chi connectivity index (χ4v) is 3.90.